The highest BCUT2D eigenvalue weighted by molar-refractivity contribution is 5.46. The van der Waals surface area contributed by atoms with Gasteiger partial charge in [0.15, 0.2) is 0 Å². The monoisotopic (exact) mass is 242 g/mol. The number of rotatable bonds is 4. The predicted molar refractivity (Wildman–Crippen MR) is 71.5 cm³/mol. The Bertz CT molecular complexity index is 492. The third-order valence-electron chi connectivity index (χ3n) is 3.55. The van der Waals surface area contributed by atoms with Gasteiger partial charge >= 0.3 is 0 Å². The first-order chi connectivity index (χ1) is 8.92. The fourth-order valence-electron chi connectivity index (χ4n) is 2.54. The van der Waals surface area contributed by atoms with Crippen molar-refractivity contribution in [2.24, 2.45) is 0 Å². The number of aromatic amines is 1. The molecule has 1 aliphatic heterocycles. The number of pyridine rings is 1. The summed E-state index contributed by atoms with van der Waals surface area (Å²) >= 11 is 0. The van der Waals surface area contributed by atoms with Crippen molar-refractivity contribution >= 4 is 5.82 Å². The van der Waals surface area contributed by atoms with Crippen LogP contribution in [0.25, 0.3) is 0 Å². The Morgan fingerprint density at radius 3 is 3.17 bits per heavy atom. The third-order valence-corrected chi connectivity index (χ3v) is 3.55. The number of nitrogens with one attached hydrogen (secondary N) is 2. The maximum absolute atomic E-state index is 4.40. The van der Waals surface area contributed by atoms with Crippen molar-refractivity contribution in [3.8, 4) is 0 Å². The smallest absolute Gasteiger partial charge is 0.129 e. The minimum atomic E-state index is 0.565. The maximum Gasteiger partial charge on any atom is 0.129 e. The second-order valence-corrected chi connectivity index (χ2v) is 4.87. The zero-order chi connectivity index (χ0) is 12.2. The quantitative estimate of drug-likeness (QED) is 0.866. The molecule has 0 aromatic carbocycles. The minimum absolute atomic E-state index is 0.565. The Morgan fingerprint density at radius 1 is 1.28 bits per heavy atom. The average molecular weight is 242 g/mol. The lowest BCUT2D eigenvalue weighted by molar-refractivity contribution is 0.557. The summed E-state index contributed by atoms with van der Waals surface area (Å²) in [6, 6.07) is 6.79. The molecule has 0 amide bonds. The SMILES string of the molecule is c1cnc2c(c1)CC[C@H](CCCc1ccn[nH]1)N2. The van der Waals surface area contributed by atoms with Crippen LogP contribution in [0.3, 0.4) is 0 Å². The number of fused-ring (bicyclic) bond motifs is 1. The van der Waals surface area contributed by atoms with Gasteiger partial charge in [-0.15, -0.1) is 0 Å². The number of H-pyrrole nitrogens is 1. The topological polar surface area (TPSA) is 53.6 Å². The van der Waals surface area contributed by atoms with E-state index in [0.29, 0.717) is 6.04 Å². The summed E-state index contributed by atoms with van der Waals surface area (Å²) in [6.45, 7) is 0. The standard InChI is InChI=1S/C14H18N4/c1(5-13-8-10-16-18-13)4-12-7-6-11-3-2-9-15-14(11)17-12/h2-3,8-10,12H,1,4-7H2,(H,15,17)(H,16,18)/t12-/m0/s1. The van der Waals surface area contributed by atoms with Crippen LogP contribution in [0.15, 0.2) is 30.6 Å². The lowest BCUT2D eigenvalue weighted by atomic mass is 9.97. The molecule has 4 nitrogen and oxygen atoms in total. The summed E-state index contributed by atoms with van der Waals surface area (Å²) in [4.78, 5) is 4.40. The van der Waals surface area contributed by atoms with Crippen LogP contribution < -0.4 is 5.32 Å². The Morgan fingerprint density at radius 2 is 2.28 bits per heavy atom. The molecular weight excluding hydrogens is 224 g/mol. The van der Waals surface area contributed by atoms with Crippen LogP contribution in [-0.2, 0) is 12.8 Å². The molecule has 0 spiro atoms. The van der Waals surface area contributed by atoms with Gasteiger partial charge in [-0.05, 0) is 49.8 Å². The zero-order valence-corrected chi connectivity index (χ0v) is 10.4. The van der Waals surface area contributed by atoms with Crippen molar-refractivity contribution in [2.75, 3.05) is 5.32 Å². The molecule has 3 heterocycles. The van der Waals surface area contributed by atoms with Gasteiger partial charge in [0.25, 0.3) is 0 Å². The van der Waals surface area contributed by atoms with E-state index in [1.807, 2.05) is 24.5 Å². The van der Waals surface area contributed by atoms with E-state index in [9.17, 15) is 0 Å². The molecule has 0 saturated carbocycles. The summed E-state index contributed by atoms with van der Waals surface area (Å²) in [5.74, 6) is 1.08. The number of anilines is 1. The summed E-state index contributed by atoms with van der Waals surface area (Å²) in [6.07, 6.45) is 9.48. The summed E-state index contributed by atoms with van der Waals surface area (Å²) in [5, 5.41) is 10.5. The van der Waals surface area contributed by atoms with Gasteiger partial charge < -0.3 is 5.32 Å². The molecule has 0 bridgehead atoms. The van der Waals surface area contributed by atoms with E-state index in [0.717, 1.165) is 18.7 Å². The highest BCUT2D eigenvalue weighted by Crippen LogP contribution is 2.24. The largest absolute Gasteiger partial charge is 0.367 e. The first-order valence-corrected chi connectivity index (χ1v) is 6.60. The normalized spacial score (nSPS) is 18.1. The average Bonchev–Trinajstić information content (AvgIpc) is 2.92. The van der Waals surface area contributed by atoms with E-state index >= 15 is 0 Å². The molecule has 3 rings (SSSR count). The van der Waals surface area contributed by atoms with Gasteiger partial charge in [0, 0.05) is 24.1 Å². The van der Waals surface area contributed by atoms with Crippen LogP contribution in [0.2, 0.25) is 0 Å². The lowest BCUT2D eigenvalue weighted by Gasteiger charge is -2.25. The molecule has 94 valence electrons. The molecule has 0 unspecified atom stereocenters. The summed E-state index contributed by atoms with van der Waals surface area (Å²) in [5.41, 5.74) is 2.58. The van der Waals surface area contributed by atoms with Gasteiger partial charge in [0.1, 0.15) is 5.82 Å². The van der Waals surface area contributed by atoms with E-state index in [1.165, 1.54) is 30.5 Å². The van der Waals surface area contributed by atoms with Crippen molar-refractivity contribution in [1.82, 2.24) is 15.2 Å². The van der Waals surface area contributed by atoms with E-state index in [2.05, 4.69) is 26.6 Å². The van der Waals surface area contributed by atoms with Crippen molar-refractivity contribution < 1.29 is 0 Å². The summed E-state index contributed by atoms with van der Waals surface area (Å²) in [7, 11) is 0. The van der Waals surface area contributed by atoms with Gasteiger partial charge in [-0.1, -0.05) is 6.07 Å². The lowest BCUT2D eigenvalue weighted by Crippen LogP contribution is -2.26. The number of aromatic nitrogens is 3. The van der Waals surface area contributed by atoms with Crippen LogP contribution in [-0.4, -0.2) is 21.2 Å². The number of hydrogen-bond donors (Lipinski definition) is 2. The molecule has 2 aromatic rings. The fourth-order valence-corrected chi connectivity index (χ4v) is 2.54. The number of aryl methyl sites for hydroxylation is 2. The molecule has 0 aliphatic carbocycles. The third kappa shape index (κ3) is 2.53. The molecule has 4 heteroatoms. The van der Waals surface area contributed by atoms with E-state index in [-0.39, 0.29) is 0 Å². The fraction of sp³-hybridized carbons (Fsp3) is 0.429. The maximum atomic E-state index is 4.40. The van der Waals surface area contributed by atoms with Crippen LogP contribution in [0, 0.1) is 0 Å². The van der Waals surface area contributed by atoms with Crippen LogP contribution in [0.4, 0.5) is 5.82 Å². The molecule has 1 atom stereocenters. The molecule has 2 aromatic heterocycles. The molecule has 0 saturated heterocycles. The Labute approximate surface area is 107 Å². The van der Waals surface area contributed by atoms with Crippen LogP contribution in [0.5, 0.6) is 0 Å². The van der Waals surface area contributed by atoms with E-state index < -0.39 is 0 Å². The van der Waals surface area contributed by atoms with Crippen LogP contribution >= 0.6 is 0 Å². The van der Waals surface area contributed by atoms with Gasteiger partial charge in [-0.2, -0.15) is 5.10 Å². The summed E-state index contributed by atoms with van der Waals surface area (Å²) < 4.78 is 0. The van der Waals surface area contributed by atoms with Crippen molar-refractivity contribution in [3.63, 3.8) is 0 Å². The molecule has 2 N–H and O–H groups in total. The van der Waals surface area contributed by atoms with E-state index in [1.54, 1.807) is 0 Å². The number of hydrogen-bond acceptors (Lipinski definition) is 3. The minimum Gasteiger partial charge on any atom is -0.367 e. The molecule has 18 heavy (non-hydrogen) atoms. The molecule has 0 fully saturated rings. The van der Waals surface area contributed by atoms with Gasteiger partial charge in [0.05, 0.1) is 0 Å². The Hall–Kier alpha value is -1.84. The molecular formula is C14H18N4. The number of nitrogens with zero attached hydrogens (tertiary/aromatic N) is 2. The first kappa shape index (κ1) is 11.3. The second-order valence-electron chi connectivity index (χ2n) is 4.87. The highest BCUT2D eigenvalue weighted by atomic mass is 15.1. The highest BCUT2D eigenvalue weighted by Gasteiger charge is 2.17. The van der Waals surface area contributed by atoms with Crippen molar-refractivity contribution in [3.05, 3.63) is 41.9 Å². The van der Waals surface area contributed by atoms with E-state index in [4.69, 9.17) is 0 Å². The second kappa shape index (κ2) is 5.21. The predicted octanol–water partition coefficient (Wildman–Crippen LogP) is 2.55. The van der Waals surface area contributed by atoms with Gasteiger partial charge in [-0.25, -0.2) is 4.98 Å². The van der Waals surface area contributed by atoms with Gasteiger partial charge in [-0.3, -0.25) is 5.10 Å². The van der Waals surface area contributed by atoms with Crippen molar-refractivity contribution in [2.45, 2.75) is 38.1 Å². The van der Waals surface area contributed by atoms with Crippen LogP contribution in [0.1, 0.15) is 30.5 Å². The van der Waals surface area contributed by atoms with Gasteiger partial charge in [0.2, 0.25) is 0 Å². The Kier molecular flexibility index (Phi) is 3.26. The molecule has 1 aliphatic rings. The zero-order valence-electron chi connectivity index (χ0n) is 10.4. The Balaban J connectivity index is 1.51. The first-order valence-electron chi connectivity index (χ1n) is 6.60. The molecule has 0 radical (unpaired) electrons. The van der Waals surface area contributed by atoms with Crippen molar-refractivity contribution in [1.29, 1.82) is 0 Å².